The first-order chi connectivity index (χ1) is 15.4. The highest BCUT2D eigenvalue weighted by atomic mass is 79.9. The Labute approximate surface area is 191 Å². The van der Waals surface area contributed by atoms with Gasteiger partial charge in [0.15, 0.2) is 0 Å². The maximum Gasteiger partial charge on any atom is 0.312 e. The Morgan fingerprint density at radius 1 is 1.12 bits per heavy atom. The molecular formula is C23H18BrN3O5. The van der Waals surface area contributed by atoms with E-state index in [2.05, 4.69) is 21.0 Å². The van der Waals surface area contributed by atoms with E-state index in [0.29, 0.717) is 10.0 Å². The van der Waals surface area contributed by atoms with Gasteiger partial charge in [0.25, 0.3) is 11.8 Å². The van der Waals surface area contributed by atoms with Crippen LogP contribution in [0.2, 0.25) is 0 Å². The van der Waals surface area contributed by atoms with Gasteiger partial charge in [-0.3, -0.25) is 19.7 Å². The summed E-state index contributed by atoms with van der Waals surface area (Å²) < 4.78 is 6.26. The number of halogens is 1. The highest BCUT2D eigenvalue weighted by Crippen LogP contribution is 2.52. The molecule has 1 saturated heterocycles. The van der Waals surface area contributed by atoms with Crippen molar-refractivity contribution in [2.24, 2.45) is 28.8 Å². The van der Waals surface area contributed by atoms with Gasteiger partial charge in [-0.05, 0) is 29.9 Å². The minimum atomic E-state index is -0.539. The van der Waals surface area contributed by atoms with Gasteiger partial charge in [-0.2, -0.15) is 10.1 Å². The molecule has 1 heterocycles. The molecule has 2 aromatic carbocycles. The van der Waals surface area contributed by atoms with Crippen molar-refractivity contribution in [2.75, 3.05) is 0 Å². The van der Waals surface area contributed by atoms with E-state index in [0.717, 1.165) is 17.0 Å². The Bertz CT molecular complexity index is 1150. The summed E-state index contributed by atoms with van der Waals surface area (Å²) >= 11 is 3.27. The van der Waals surface area contributed by atoms with Crippen LogP contribution in [0, 0.1) is 33.8 Å². The van der Waals surface area contributed by atoms with E-state index >= 15 is 0 Å². The van der Waals surface area contributed by atoms with E-state index in [4.69, 9.17) is 4.74 Å². The van der Waals surface area contributed by atoms with Crippen LogP contribution in [0.4, 0.5) is 5.69 Å². The Morgan fingerprint density at radius 3 is 2.41 bits per heavy atom. The van der Waals surface area contributed by atoms with Gasteiger partial charge >= 0.3 is 5.69 Å². The van der Waals surface area contributed by atoms with Crippen molar-refractivity contribution in [2.45, 2.75) is 13.0 Å². The van der Waals surface area contributed by atoms with Crippen molar-refractivity contribution in [3.8, 4) is 5.75 Å². The first-order valence-corrected chi connectivity index (χ1v) is 11.0. The van der Waals surface area contributed by atoms with Gasteiger partial charge in [0.2, 0.25) is 5.75 Å². The number of hydrogen-bond acceptors (Lipinski definition) is 6. The molecule has 5 rings (SSSR count). The molecule has 0 radical (unpaired) electrons. The molecular weight excluding hydrogens is 478 g/mol. The number of benzene rings is 2. The van der Waals surface area contributed by atoms with E-state index in [1.807, 2.05) is 42.5 Å². The molecule has 4 atom stereocenters. The molecule has 162 valence electrons. The molecule has 8 nitrogen and oxygen atoms in total. The summed E-state index contributed by atoms with van der Waals surface area (Å²) in [4.78, 5) is 36.8. The number of fused-ring (bicyclic) bond motifs is 5. The van der Waals surface area contributed by atoms with E-state index in [1.54, 1.807) is 6.07 Å². The molecule has 1 saturated carbocycles. The smallest absolute Gasteiger partial charge is 0.312 e. The van der Waals surface area contributed by atoms with Crippen molar-refractivity contribution in [1.82, 2.24) is 5.01 Å². The summed E-state index contributed by atoms with van der Waals surface area (Å²) in [7, 11) is 0. The second-order valence-corrected chi connectivity index (χ2v) is 9.02. The zero-order chi connectivity index (χ0) is 22.4. The molecule has 32 heavy (non-hydrogen) atoms. The first-order valence-electron chi connectivity index (χ1n) is 10.2. The van der Waals surface area contributed by atoms with Gasteiger partial charge in [0, 0.05) is 16.1 Å². The van der Waals surface area contributed by atoms with Crippen LogP contribution in [-0.2, 0) is 16.2 Å². The van der Waals surface area contributed by atoms with Crippen molar-refractivity contribution >= 4 is 39.6 Å². The molecule has 9 heteroatoms. The summed E-state index contributed by atoms with van der Waals surface area (Å²) in [5, 5.41) is 16.7. The summed E-state index contributed by atoms with van der Waals surface area (Å²) in [6.45, 7) is 0.116. The van der Waals surface area contributed by atoms with Crippen LogP contribution in [0.5, 0.6) is 5.75 Å². The minimum Gasteiger partial charge on any atom is -0.481 e. The van der Waals surface area contributed by atoms with Crippen LogP contribution in [-0.4, -0.2) is 28.0 Å². The standard InChI is InChI=1S/C23H18BrN3O5/c24-17-9-16(21(18(10-17)27(30)31)32-12-13-4-2-1-3-5-13)11-25-26-22(28)19-14-6-7-15(8-14)20(19)23(26)29/h1-7,9-11,14-15,19-20H,8,12H2. The molecule has 2 aliphatic carbocycles. The second-order valence-electron chi connectivity index (χ2n) is 8.11. The molecule has 2 amide bonds. The Morgan fingerprint density at radius 2 is 1.78 bits per heavy atom. The predicted octanol–water partition coefficient (Wildman–Crippen LogP) is 4.08. The second kappa shape index (κ2) is 7.98. The maximum atomic E-state index is 12.9. The largest absolute Gasteiger partial charge is 0.481 e. The number of imide groups is 1. The van der Waals surface area contributed by atoms with Gasteiger partial charge < -0.3 is 4.74 Å². The number of carbonyl (C=O) groups excluding carboxylic acids is 2. The molecule has 0 spiro atoms. The molecule has 3 aliphatic rings. The van der Waals surface area contributed by atoms with Crippen LogP contribution >= 0.6 is 15.9 Å². The van der Waals surface area contributed by atoms with Gasteiger partial charge in [0.1, 0.15) is 6.61 Å². The first kappa shape index (κ1) is 20.6. The van der Waals surface area contributed by atoms with Gasteiger partial charge in [0.05, 0.1) is 23.0 Å². The number of nitro benzene ring substituents is 1. The van der Waals surface area contributed by atoms with E-state index < -0.39 is 4.92 Å². The van der Waals surface area contributed by atoms with Crippen LogP contribution in [0.1, 0.15) is 17.5 Å². The number of allylic oxidation sites excluding steroid dienone is 2. The summed E-state index contributed by atoms with van der Waals surface area (Å²) in [5.41, 5.74) is 0.893. The van der Waals surface area contributed by atoms with Crippen molar-refractivity contribution in [3.63, 3.8) is 0 Å². The fourth-order valence-electron chi connectivity index (χ4n) is 4.84. The summed E-state index contributed by atoms with van der Waals surface area (Å²) in [6.07, 6.45) is 6.14. The highest BCUT2D eigenvalue weighted by Gasteiger charge is 2.59. The zero-order valence-electron chi connectivity index (χ0n) is 16.8. The monoisotopic (exact) mass is 495 g/mol. The predicted molar refractivity (Wildman–Crippen MR) is 119 cm³/mol. The van der Waals surface area contributed by atoms with Crippen molar-refractivity contribution in [3.05, 3.63) is 80.3 Å². The number of rotatable bonds is 6. The fourth-order valence-corrected chi connectivity index (χ4v) is 5.30. The number of hydrazone groups is 1. The number of amides is 2. The number of hydrogen-bond donors (Lipinski definition) is 0. The summed E-state index contributed by atoms with van der Waals surface area (Å²) in [5.74, 6) is -1.17. The quantitative estimate of drug-likeness (QED) is 0.197. The van der Waals surface area contributed by atoms with Crippen LogP contribution in [0.3, 0.4) is 0 Å². The highest BCUT2D eigenvalue weighted by molar-refractivity contribution is 9.10. The lowest BCUT2D eigenvalue weighted by Crippen LogP contribution is -2.28. The third-order valence-corrected chi connectivity index (χ3v) is 6.70. The Hall–Kier alpha value is -3.33. The number of nitrogens with zero attached hydrogens (tertiary/aromatic N) is 3. The lowest BCUT2D eigenvalue weighted by molar-refractivity contribution is -0.386. The molecule has 4 unspecified atom stereocenters. The summed E-state index contributed by atoms with van der Waals surface area (Å²) in [6, 6.07) is 12.2. The lowest BCUT2D eigenvalue weighted by atomic mass is 9.85. The fraction of sp³-hybridized carbons (Fsp3) is 0.261. The zero-order valence-corrected chi connectivity index (χ0v) is 18.3. The molecule has 0 aromatic heterocycles. The normalized spacial score (nSPS) is 25.7. The molecule has 0 N–H and O–H groups in total. The molecule has 2 aromatic rings. The maximum absolute atomic E-state index is 12.9. The third-order valence-electron chi connectivity index (χ3n) is 6.24. The molecule has 1 aliphatic heterocycles. The Balaban J connectivity index is 1.45. The Kier molecular flexibility index (Phi) is 5.13. The van der Waals surface area contributed by atoms with E-state index in [1.165, 1.54) is 12.3 Å². The minimum absolute atomic E-state index is 0.0202. The average Bonchev–Trinajstić information content (AvgIpc) is 3.46. The number of ether oxygens (including phenoxy) is 1. The lowest BCUT2D eigenvalue weighted by Gasteiger charge is -2.13. The molecule has 2 bridgehead atoms. The topological polar surface area (TPSA) is 102 Å². The van der Waals surface area contributed by atoms with Crippen LogP contribution < -0.4 is 4.74 Å². The SMILES string of the molecule is O=C1C2C3C=CC(C3)C2C(=O)N1N=Cc1cc(Br)cc([N+](=O)[O-])c1OCc1ccccc1. The van der Waals surface area contributed by atoms with Gasteiger partial charge in [-0.25, -0.2) is 0 Å². The van der Waals surface area contributed by atoms with E-state index in [-0.39, 0.29) is 53.5 Å². The van der Waals surface area contributed by atoms with Crippen LogP contribution in [0.15, 0.2) is 64.2 Å². The third kappa shape index (κ3) is 3.42. The van der Waals surface area contributed by atoms with Gasteiger partial charge in [-0.15, -0.1) is 0 Å². The van der Waals surface area contributed by atoms with Crippen molar-refractivity contribution < 1.29 is 19.2 Å². The van der Waals surface area contributed by atoms with Crippen LogP contribution in [0.25, 0.3) is 0 Å². The number of carbonyl (C=O) groups is 2. The molecule has 2 fully saturated rings. The van der Waals surface area contributed by atoms with E-state index in [9.17, 15) is 19.7 Å². The van der Waals surface area contributed by atoms with Gasteiger partial charge in [-0.1, -0.05) is 58.4 Å². The number of nitro groups is 1. The van der Waals surface area contributed by atoms with Crippen molar-refractivity contribution in [1.29, 1.82) is 0 Å². The average molecular weight is 496 g/mol.